The average molecular weight is 419 g/mol. The first-order valence-electron chi connectivity index (χ1n) is 11.3. The molecule has 0 spiro atoms. The Morgan fingerprint density at radius 2 is 1.45 bits per heavy atom. The van der Waals surface area contributed by atoms with E-state index in [0.717, 1.165) is 32.1 Å². The number of ether oxygens (including phenoxy) is 2. The summed E-state index contributed by atoms with van der Waals surface area (Å²) in [4.78, 5) is 12.1. The lowest BCUT2D eigenvalue weighted by atomic mass is 9.90. The average Bonchev–Trinajstić information content (AvgIpc) is 2.80. The van der Waals surface area contributed by atoms with Crippen LogP contribution in [0.25, 0.3) is 32.3 Å². The fraction of sp³-hybridized carbons (Fsp3) is 0.370. The van der Waals surface area contributed by atoms with Crippen LogP contribution >= 0.6 is 0 Å². The van der Waals surface area contributed by atoms with Gasteiger partial charge in [-0.15, -0.1) is 0 Å². The quantitative estimate of drug-likeness (QED) is 0.184. The second-order valence-corrected chi connectivity index (χ2v) is 8.05. The van der Waals surface area contributed by atoms with Gasteiger partial charge in [-0.1, -0.05) is 54.6 Å². The van der Waals surface area contributed by atoms with Crippen LogP contribution in [0.1, 0.15) is 37.7 Å². The third-order valence-corrected chi connectivity index (χ3v) is 5.88. The van der Waals surface area contributed by atoms with Gasteiger partial charge in [0.15, 0.2) is 0 Å². The molecule has 4 aromatic rings. The number of carbonyl (C=O) groups excluding carboxylic acids is 1. The number of aliphatic hydroxyl groups is 1. The number of unbranched alkanes of at least 4 members (excludes halogenated alkanes) is 2. The van der Waals surface area contributed by atoms with Crippen molar-refractivity contribution in [2.24, 2.45) is 0 Å². The molecule has 4 nitrogen and oxygen atoms in total. The zero-order chi connectivity index (χ0) is 21.5. The van der Waals surface area contributed by atoms with E-state index >= 15 is 0 Å². The summed E-state index contributed by atoms with van der Waals surface area (Å²) in [6, 6.07) is 19.7. The maximum Gasteiger partial charge on any atom is 0.305 e. The molecule has 1 N–H and O–H groups in total. The Hall–Kier alpha value is -2.69. The van der Waals surface area contributed by atoms with Crippen molar-refractivity contribution in [3.8, 4) is 0 Å². The Labute approximate surface area is 183 Å². The minimum absolute atomic E-state index is 0.0617. The van der Waals surface area contributed by atoms with E-state index in [9.17, 15) is 4.79 Å². The van der Waals surface area contributed by atoms with Crippen molar-refractivity contribution in [2.75, 3.05) is 26.4 Å². The first-order chi connectivity index (χ1) is 15.3. The number of aliphatic hydroxyl groups excluding tert-OH is 1. The third kappa shape index (κ3) is 5.15. The van der Waals surface area contributed by atoms with Crippen molar-refractivity contribution in [1.29, 1.82) is 0 Å². The molecule has 0 heterocycles. The summed E-state index contributed by atoms with van der Waals surface area (Å²) in [5.74, 6) is -0.116. The second-order valence-electron chi connectivity index (χ2n) is 8.05. The number of hydrogen-bond donors (Lipinski definition) is 1. The molecule has 4 rings (SSSR count). The van der Waals surface area contributed by atoms with Crippen molar-refractivity contribution in [1.82, 2.24) is 0 Å². The van der Waals surface area contributed by atoms with Crippen LogP contribution in [-0.4, -0.2) is 37.5 Å². The summed E-state index contributed by atoms with van der Waals surface area (Å²) in [7, 11) is 0. The Kier molecular flexibility index (Phi) is 7.34. The van der Waals surface area contributed by atoms with E-state index in [1.807, 2.05) is 0 Å². The smallest absolute Gasteiger partial charge is 0.305 e. The Morgan fingerprint density at radius 3 is 2.26 bits per heavy atom. The number of carbonyl (C=O) groups is 1. The summed E-state index contributed by atoms with van der Waals surface area (Å²) in [6.07, 6.45) is 4.84. The molecule has 0 bridgehead atoms. The summed E-state index contributed by atoms with van der Waals surface area (Å²) in [6.45, 7) is 1.57. The molecular weight excluding hydrogens is 388 g/mol. The molecule has 0 saturated heterocycles. The molecule has 0 fully saturated rings. The zero-order valence-electron chi connectivity index (χ0n) is 17.9. The predicted molar refractivity (Wildman–Crippen MR) is 126 cm³/mol. The van der Waals surface area contributed by atoms with Crippen LogP contribution in [0.2, 0.25) is 0 Å². The van der Waals surface area contributed by atoms with Gasteiger partial charge in [0, 0.05) is 13.0 Å². The van der Waals surface area contributed by atoms with E-state index in [-0.39, 0.29) is 12.6 Å². The lowest BCUT2D eigenvalue weighted by molar-refractivity contribution is -0.143. The molecular formula is C27H30O4. The standard InChI is InChI=1S/C27H30O4/c28-16-19-30-17-2-1-3-18-31-25(29)9-5-6-20-10-11-23-13-12-21-7-4-8-22-14-15-24(20)27(23)26(21)22/h4,7-8,10-15,28H,1-3,5-6,9,16-19H2. The van der Waals surface area contributed by atoms with Gasteiger partial charge < -0.3 is 14.6 Å². The molecule has 4 aromatic carbocycles. The Bertz CT molecular complexity index is 1120. The summed E-state index contributed by atoms with van der Waals surface area (Å²) in [5, 5.41) is 16.4. The van der Waals surface area contributed by atoms with Crippen LogP contribution < -0.4 is 0 Å². The highest BCUT2D eigenvalue weighted by atomic mass is 16.5. The molecule has 0 aromatic heterocycles. The van der Waals surface area contributed by atoms with E-state index in [1.54, 1.807) is 0 Å². The zero-order valence-corrected chi connectivity index (χ0v) is 17.9. The molecule has 0 atom stereocenters. The molecule has 31 heavy (non-hydrogen) atoms. The van der Waals surface area contributed by atoms with Gasteiger partial charge in [-0.3, -0.25) is 4.79 Å². The van der Waals surface area contributed by atoms with Gasteiger partial charge in [-0.2, -0.15) is 0 Å². The topological polar surface area (TPSA) is 55.8 Å². The van der Waals surface area contributed by atoms with Crippen molar-refractivity contribution < 1.29 is 19.4 Å². The van der Waals surface area contributed by atoms with Crippen molar-refractivity contribution in [3.05, 3.63) is 60.2 Å². The fourth-order valence-electron chi connectivity index (χ4n) is 4.34. The second kappa shape index (κ2) is 10.6. The van der Waals surface area contributed by atoms with Crippen LogP contribution in [0.5, 0.6) is 0 Å². The highest BCUT2D eigenvalue weighted by molar-refractivity contribution is 6.23. The normalized spacial score (nSPS) is 11.6. The van der Waals surface area contributed by atoms with Gasteiger partial charge in [0.2, 0.25) is 0 Å². The largest absolute Gasteiger partial charge is 0.466 e. The van der Waals surface area contributed by atoms with Gasteiger partial charge in [0.25, 0.3) is 0 Å². The lowest BCUT2D eigenvalue weighted by Gasteiger charge is -2.14. The van der Waals surface area contributed by atoms with Gasteiger partial charge in [-0.05, 0) is 70.0 Å². The maximum atomic E-state index is 12.1. The minimum Gasteiger partial charge on any atom is -0.466 e. The van der Waals surface area contributed by atoms with Crippen LogP contribution in [0.3, 0.4) is 0 Å². The van der Waals surface area contributed by atoms with Crippen molar-refractivity contribution >= 4 is 38.3 Å². The van der Waals surface area contributed by atoms with Crippen molar-refractivity contribution in [2.45, 2.75) is 38.5 Å². The molecule has 0 radical (unpaired) electrons. The van der Waals surface area contributed by atoms with E-state index in [2.05, 4.69) is 54.6 Å². The highest BCUT2D eigenvalue weighted by Crippen LogP contribution is 2.36. The van der Waals surface area contributed by atoms with Crippen LogP contribution in [0.15, 0.2) is 54.6 Å². The maximum absolute atomic E-state index is 12.1. The van der Waals surface area contributed by atoms with Crippen molar-refractivity contribution in [3.63, 3.8) is 0 Å². The molecule has 0 aliphatic carbocycles. The SMILES string of the molecule is O=C(CCCc1ccc2ccc3cccc4ccc1c2c34)OCCCCCOCCO. The Balaban J connectivity index is 1.29. The molecule has 0 aliphatic heterocycles. The molecule has 162 valence electrons. The fourth-order valence-corrected chi connectivity index (χ4v) is 4.34. The number of hydrogen-bond acceptors (Lipinski definition) is 4. The van der Waals surface area contributed by atoms with Gasteiger partial charge >= 0.3 is 5.97 Å². The molecule has 0 aliphatic rings. The number of benzene rings is 4. The molecule has 4 heteroatoms. The first kappa shape index (κ1) is 21.5. The van der Waals surface area contributed by atoms with E-state index in [0.29, 0.717) is 26.2 Å². The first-order valence-corrected chi connectivity index (χ1v) is 11.3. The highest BCUT2D eigenvalue weighted by Gasteiger charge is 2.11. The van der Waals surface area contributed by atoms with E-state index in [1.165, 1.54) is 37.9 Å². The van der Waals surface area contributed by atoms with E-state index < -0.39 is 0 Å². The van der Waals surface area contributed by atoms with Gasteiger partial charge in [0.1, 0.15) is 0 Å². The van der Waals surface area contributed by atoms with Gasteiger partial charge in [-0.25, -0.2) is 0 Å². The predicted octanol–water partition coefficient (Wildman–Crippen LogP) is 5.63. The summed E-state index contributed by atoms with van der Waals surface area (Å²) < 4.78 is 10.6. The van der Waals surface area contributed by atoms with Gasteiger partial charge in [0.05, 0.1) is 19.8 Å². The van der Waals surface area contributed by atoms with Crippen LogP contribution in [-0.2, 0) is 20.7 Å². The number of esters is 1. The van der Waals surface area contributed by atoms with E-state index in [4.69, 9.17) is 14.6 Å². The third-order valence-electron chi connectivity index (χ3n) is 5.88. The van der Waals surface area contributed by atoms with Crippen LogP contribution in [0.4, 0.5) is 0 Å². The van der Waals surface area contributed by atoms with Crippen LogP contribution in [0, 0.1) is 0 Å². The molecule has 0 unspecified atom stereocenters. The molecule has 0 saturated carbocycles. The number of rotatable bonds is 12. The minimum atomic E-state index is -0.116. The monoisotopic (exact) mass is 418 g/mol. The summed E-state index contributed by atoms with van der Waals surface area (Å²) in [5.41, 5.74) is 1.29. The Morgan fingerprint density at radius 1 is 0.742 bits per heavy atom. The molecule has 0 amide bonds. The number of aryl methyl sites for hydroxylation is 1. The lowest BCUT2D eigenvalue weighted by Crippen LogP contribution is -2.07. The summed E-state index contributed by atoms with van der Waals surface area (Å²) >= 11 is 0.